The van der Waals surface area contributed by atoms with Gasteiger partial charge in [-0.3, -0.25) is 4.79 Å². The molecular formula is C9H17NO2. The Labute approximate surface area is 73.3 Å². The Morgan fingerprint density at radius 1 is 1.50 bits per heavy atom. The van der Waals surface area contributed by atoms with E-state index in [9.17, 15) is 4.79 Å². The summed E-state index contributed by atoms with van der Waals surface area (Å²) in [6.45, 7) is 1.76. The second kappa shape index (κ2) is 3.90. The maximum atomic E-state index is 9.96. The topological polar surface area (TPSA) is 52.3 Å². The van der Waals surface area contributed by atoms with Crippen LogP contribution in [0.25, 0.3) is 0 Å². The molecule has 70 valence electrons. The molecule has 0 spiro atoms. The summed E-state index contributed by atoms with van der Waals surface area (Å²) in [6, 6.07) is 0.630. The molecule has 0 heterocycles. The second-order valence-corrected chi connectivity index (χ2v) is 3.41. The first kappa shape index (κ1) is 9.52. The smallest absolute Gasteiger partial charge is 0.305 e. The Hall–Kier alpha value is -0.570. The number of ether oxygens (including phenoxy) is 1. The van der Waals surface area contributed by atoms with Gasteiger partial charge in [0.05, 0.1) is 7.11 Å². The van der Waals surface area contributed by atoms with Gasteiger partial charge >= 0.3 is 5.97 Å². The number of carbonyl (C=O) groups excluding carboxylic acids is 1. The molecule has 0 radical (unpaired) electrons. The average molecular weight is 171 g/mol. The van der Waals surface area contributed by atoms with Gasteiger partial charge in [0.25, 0.3) is 0 Å². The molecule has 2 saturated carbocycles. The molecule has 0 bridgehead atoms. The van der Waals surface area contributed by atoms with E-state index in [0.29, 0.717) is 12.5 Å². The van der Waals surface area contributed by atoms with Crippen molar-refractivity contribution in [2.75, 3.05) is 7.11 Å². The minimum atomic E-state index is -0.157. The summed E-state index contributed by atoms with van der Waals surface area (Å²) >= 11 is 0. The highest BCUT2D eigenvalue weighted by atomic mass is 16.5. The second-order valence-electron chi connectivity index (χ2n) is 3.41. The number of nitrogens with two attached hydrogens (primary N) is 1. The molecule has 0 aliphatic heterocycles. The maximum Gasteiger partial charge on any atom is 0.305 e. The van der Waals surface area contributed by atoms with Crippen LogP contribution in [-0.4, -0.2) is 19.1 Å². The van der Waals surface area contributed by atoms with E-state index in [0.717, 1.165) is 11.8 Å². The predicted molar refractivity (Wildman–Crippen MR) is 46.5 cm³/mol. The van der Waals surface area contributed by atoms with Crippen molar-refractivity contribution in [3.05, 3.63) is 0 Å². The third-order valence-electron chi connectivity index (χ3n) is 2.75. The van der Waals surface area contributed by atoms with Gasteiger partial charge in [0.2, 0.25) is 0 Å². The zero-order valence-corrected chi connectivity index (χ0v) is 7.75. The van der Waals surface area contributed by atoms with E-state index in [2.05, 4.69) is 4.74 Å². The number of carbonyl (C=O) groups is 1. The van der Waals surface area contributed by atoms with Crippen LogP contribution in [0, 0.1) is 11.8 Å². The van der Waals surface area contributed by atoms with Crippen LogP contribution in [0.2, 0.25) is 0 Å². The Kier molecular flexibility index (Phi) is 3.09. The highest BCUT2D eigenvalue weighted by molar-refractivity contribution is 5.68. The Balaban J connectivity index is 0.000000120. The summed E-state index contributed by atoms with van der Waals surface area (Å²) in [5.74, 6) is 1.80. The molecule has 3 heteroatoms. The highest BCUT2D eigenvalue weighted by Gasteiger charge is 2.53. The van der Waals surface area contributed by atoms with Gasteiger partial charge in [-0.1, -0.05) is 6.92 Å². The van der Waals surface area contributed by atoms with Crippen molar-refractivity contribution in [3.8, 4) is 0 Å². The van der Waals surface area contributed by atoms with E-state index < -0.39 is 0 Å². The summed E-state index contributed by atoms with van der Waals surface area (Å²) in [6.07, 6.45) is 3.31. The molecular weight excluding hydrogens is 154 g/mol. The quantitative estimate of drug-likeness (QED) is 0.597. The number of rotatable bonds is 1. The molecule has 2 fully saturated rings. The minimum absolute atomic E-state index is 0.157. The van der Waals surface area contributed by atoms with E-state index in [-0.39, 0.29) is 5.97 Å². The van der Waals surface area contributed by atoms with Crippen LogP contribution in [0.1, 0.15) is 26.2 Å². The average Bonchev–Trinajstić information content (AvgIpc) is 2.47. The fourth-order valence-electron chi connectivity index (χ4n) is 1.56. The first-order chi connectivity index (χ1) is 5.70. The standard InChI is InChI=1S/C5H9N.C4H8O2/c6-5-3-1-2-4(3)5;1-3-4(5)6-2/h3-5H,1-2,6H2;3H2,1-2H3. The van der Waals surface area contributed by atoms with Crippen LogP contribution >= 0.6 is 0 Å². The summed E-state index contributed by atoms with van der Waals surface area (Å²) in [5.41, 5.74) is 5.57. The van der Waals surface area contributed by atoms with E-state index in [1.165, 1.54) is 20.0 Å². The van der Waals surface area contributed by atoms with Gasteiger partial charge in [-0.25, -0.2) is 0 Å². The lowest BCUT2D eigenvalue weighted by Gasteiger charge is -2.03. The molecule has 2 aliphatic carbocycles. The molecule has 2 rings (SSSR count). The molecule has 2 N–H and O–H groups in total. The van der Waals surface area contributed by atoms with Crippen molar-refractivity contribution in [2.24, 2.45) is 17.6 Å². The first-order valence-corrected chi connectivity index (χ1v) is 4.53. The fraction of sp³-hybridized carbons (Fsp3) is 0.889. The van der Waals surface area contributed by atoms with Crippen LogP contribution in [0.4, 0.5) is 0 Å². The van der Waals surface area contributed by atoms with E-state index in [1.807, 2.05) is 0 Å². The highest BCUT2D eigenvalue weighted by Crippen LogP contribution is 2.54. The molecule has 0 saturated heterocycles. The third-order valence-corrected chi connectivity index (χ3v) is 2.75. The van der Waals surface area contributed by atoms with Crippen molar-refractivity contribution >= 4 is 5.97 Å². The van der Waals surface area contributed by atoms with Crippen molar-refractivity contribution in [1.29, 1.82) is 0 Å². The normalized spacial score (nSPS) is 35.1. The molecule has 0 amide bonds. The molecule has 2 atom stereocenters. The third kappa shape index (κ3) is 1.97. The molecule has 0 aromatic heterocycles. The minimum Gasteiger partial charge on any atom is -0.469 e. The predicted octanol–water partition coefficient (Wildman–Crippen LogP) is 0.923. The Morgan fingerprint density at radius 3 is 2.00 bits per heavy atom. The lowest BCUT2D eigenvalue weighted by atomic mass is 10.0. The van der Waals surface area contributed by atoms with Gasteiger partial charge in [0.1, 0.15) is 0 Å². The van der Waals surface area contributed by atoms with Gasteiger partial charge < -0.3 is 10.5 Å². The number of esters is 1. The van der Waals surface area contributed by atoms with Crippen LogP contribution < -0.4 is 5.73 Å². The monoisotopic (exact) mass is 171 g/mol. The lowest BCUT2D eigenvalue weighted by Crippen LogP contribution is -1.99. The maximum absolute atomic E-state index is 9.96. The molecule has 0 aromatic rings. The Bertz CT molecular complexity index is 147. The van der Waals surface area contributed by atoms with Crippen LogP contribution in [0.5, 0.6) is 0 Å². The lowest BCUT2D eigenvalue weighted by molar-refractivity contribution is -0.140. The molecule has 2 unspecified atom stereocenters. The molecule has 2 aliphatic rings. The largest absolute Gasteiger partial charge is 0.469 e. The zero-order valence-electron chi connectivity index (χ0n) is 7.75. The van der Waals surface area contributed by atoms with Gasteiger partial charge in [-0.2, -0.15) is 0 Å². The number of hydrogen-bond donors (Lipinski definition) is 1. The van der Waals surface area contributed by atoms with Crippen LogP contribution in [-0.2, 0) is 9.53 Å². The number of hydrogen-bond acceptors (Lipinski definition) is 3. The van der Waals surface area contributed by atoms with Crippen molar-refractivity contribution < 1.29 is 9.53 Å². The molecule has 12 heavy (non-hydrogen) atoms. The van der Waals surface area contributed by atoms with Gasteiger partial charge in [-0.15, -0.1) is 0 Å². The summed E-state index contributed by atoms with van der Waals surface area (Å²) < 4.78 is 4.26. The summed E-state index contributed by atoms with van der Waals surface area (Å²) in [7, 11) is 1.38. The van der Waals surface area contributed by atoms with Gasteiger partial charge in [0.15, 0.2) is 0 Å². The van der Waals surface area contributed by atoms with Gasteiger partial charge in [0, 0.05) is 12.5 Å². The first-order valence-electron chi connectivity index (χ1n) is 4.53. The number of methoxy groups -OCH3 is 1. The van der Waals surface area contributed by atoms with E-state index >= 15 is 0 Å². The van der Waals surface area contributed by atoms with Gasteiger partial charge in [-0.05, 0) is 24.7 Å². The summed E-state index contributed by atoms with van der Waals surface area (Å²) in [5, 5.41) is 0. The van der Waals surface area contributed by atoms with E-state index in [1.54, 1.807) is 6.92 Å². The molecule has 0 aromatic carbocycles. The van der Waals surface area contributed by atoms with E-state index in [4.69, 9.17) is 5.73 Å². The SMILES string of the molecule is CCC(=O)OC.NC1C2CCC12. The van der Waals surface area contributed by atoms with Crippen molar-refractivity contribution in [3.63, 3.8) is 0 Å². The fourth-order valence-corrected chi connectivity index (χ4v) is 1.56. The van der Waals surface area contributed by atoms with Crippen LogP contribution in [0.15, 0.2) is 0 Å². The zero-order chi connectivity index (χ0) is 9.14. The Morgan fingerprint density at radius 2 is 2.00 bits per heavy atom. The van der Waals surface area contributed by atoms with Crippen molar-refractivity contribution in [2.45, 2.75) is 32.2 Å². The number of fused-ring (bicyclic) bond motifs is 1. The van der Waals surface area contributed by atoms with Crippen LogP contribution in [0.3, 0.4) is 0 Å². The molecule has 3 nitrogen and oxygen atoms in total. The van der Waals surface area contributed by atoms with Crippen molar-refractivity contribution in [1.82, 2.24) is 0 Å². The summed E-state index contributed by atoms with van der Waals surface area (Å²) in [4.78, 5) is 9.96.